The minimum absolute atomic E-state index is 0.130. The molecule has 0 aliphatic rings. The number of carbonyl (C=O) groups excluding carboxylic acids is 1. The Kier molecular flexibility index (Phi) is 5.10. The number of carbonyl (C=O) groups is 1. The first-order valence-electron chi connectivity index (χ1n) is 5.60. The average molecular weight is 239 g/mol. The number of esters is 1. The number of benzene rings is 1. The number of ether oxygens (including phenoxy) is 1. The summed E-state index contributed by atoms with van der Waals surface area (Å²) in [5, 5.41) is 0. The van der Waals surface area contributed by atoms with Gasteiger partial charge in [-0.05, 0) is 30.5 Å². The molecule has 0 aliphatic heterocycles. The van der Waals surface area contributed by atoms with E-state index in [0.717, 1.165) is 5.56 Å². The van der Waals surface area contributed by atoms with Crippen molar-refractivity contribution in [3.05, 3.63) is 35.6 Å². The number of halogens is 1. The molecule has 2 atom stereocenters. The fraction of sp³-hybridized carbons (Fsp3) is 0.462. The zero-order valence-corrected chi connectivity index (χ0v) is 10.2. The van der Waals surface area contributed by atoms with Crippen LogP contribution in [0.15, 0.2) is 24.3 Å². The molecule has 0 aromatic heterocycles. The molecule has 0 heterocycles. The number of rotatable bonds is 5. The van der Waals surface area contributed by atoms with Gasteiger partial charge >= 0.3 is 5.97 Å². The maximum Gasteiger partial charge on any atom is 0.308 e. The van der Waals surface area contributed by atoms with E-state index in [2.05, 4.69) is 4.74 Å². The first-order valence-corrected chi connectivity index (χ1v) is 5.60. The van der Waals surface area contributed by atoms with Crippen molar-refractivity contribution in [3.63, 3.8) is 0 Å². The van der Waals surface area contributed by atoms with Crippen LogP contribution in [0, 0.1) is 11.7 Å². The summed E-state index contributed by atoms with van der Waals surface area (Å²) in [4.78, 5) is 11.2. The fourth-order valence-corrected chi connectivity index (χ4v) is 1.76. The SMILES string of the molecule is COC(=O)[C@@H](C)C[C@@H](N)Cc1ccc(F)cc1. The highest BCUT2D eigenvalue weighted by atomic mass is 19.1. The highest BCUT2D eigenvalue weighted by Gasteiger charge is 2.17. The van der Waals surface area contributed by atoms with Crippen LogP contribution >= 0.6 is 0 Å². The topological polar surface area (TPSA) is 52.3 Å². The molecule has 0 fully saturated rings. The number of methoxy groups -OCH3 is 1. The molecule has 94 valence electrons. The van der Waals surface area contributed by atoms with Crippen molar-refractivity contribution >= 4 is 5.97 Å². The summed E-state index contributed by atoms with van der Waals surface area (Å²) in [6.45, 7) is 1.79. The molecular formula is C13H18FNO2. The second-order valence-corrected chi connectivity index (χ2v) is 4.25. The molecule has 2 N–H and O–H groups in total. The summed E-state index contributed by atoms with van der Waals surface area (Å²) in [6.07, 6.45) is 1.19. The van der Waals surface area contributed by atoms with Crippen molar-refractivity contribution in [2.75, 3.05) is 7.11 Å². The van der Waals surface area contributed by atoms with Gasteiger partial charge in [0.1, 0.15) is 5.82 Å². The van der Waals surface area contributed by atoms with E-state index in [9.17, 15) is 9.18 Å². The lowest BCUT2D eigenvalue weighted by Gasteiger charge is -2.15. The van der Waals surface area contributed by atoms with Gasteiger partial charge in [-0.25, -0.2) is 4.39 Å². The Labute approximate surface area is 101 Å². The molecule has 0 radical (unpaired) electrons. The van der Waals surface area contributed by atoms with Gasteiger partial charge in [0.25, 0.3) is 0 Å². The quantitative estimate of drug-likeness (QED) is 0.798. The Bertz CT molecular complexity index is 364. The molecule has 1 rings (SSSR count). The van der Waals surface area contributed by atoms with E-state index >= 15 is 0 Å². The van der Waals surface area contributed by atoms with E-state index in [0.29, 0.717) is 12.8 Å². The Morgan fingerprint density at radius 1 is 1.41 bits per heavy atom. The van der Waals surface area contributed by atoms with Gasteiger partial charge in [0.2, 0.25) is 0 Å². The van der Waals surface area contributed by atoms with Crippen LogP contribution in [0.1, 0.15) is 18.9 Å². The van der Waals surface area contributed by atoms with Gasteiger partial charge in [-0.2, -0.15) is 0 Å². The van der Waals surface area contributed by atoms with Gasteiger partial charge in [-0.3, -0.25) is 4.79 Å². The Balaban J connectivity index is 2.46. The van der Waals surface area contributed by atoms with Crippen LogP contribution < -0.4 is 5.73 Å². The fourth-order valence-electron chi connectivity index (χ4n) is 1.76. The highest BCUT2D eigenvalue weighted by molar-refractivity contribution is 5.71. The molecule has 4 heteroatoms. The van der Waals surface area contributed by atoms with Gasteiger partial charge in [0.05, 0.1) is 13.0 Å². The van der Waals surface area contributed by atoms with E-state index in [1.54, 1.807) is 19.1 Å². The second kappa shape index (κ2) is 6.35. The maximum absolute atomic E-state index is 12.7. The van der Waals surface area contributed by atoms with E-state index in [4.69, 9.17) is 5.73 Å². The Morgan fingerprint density at radius 3 is 2.53 bits per heavy atom. The van der Waals surface area contributed by atoms with Crippen LogP contribution in [0.5, 0.6) is 0 Å². The smallest absolute Gasteiger partial charge is 0.308 e. The summed E-state index contributed by atoms with van der Waals surface area (Å²) in [6, 6.07) is 6.10. The Morgan fingerprint density at radius 2 is 2.00 bits per heavy atom. The van der Waals surface area contributed by atoms with E-state index in [1.165, 1.54) is 19.2 Å². The molecule has 0 aliphatic carbocycles. The van der Waals surface area contributed by atoms with E-state index in [1.807, 2.05) is 0 Å². The first-order chi connectivity index (χ1) is 8.02. The third-order valence-electron chi connectivity index (χ3n) is 2.67. The van der Waals surface area contributed by atoms with Crippen molar-refractivity contribution in [3.8, 4) is 0 Å². The van der Waals surface area contributed by atoms with Crippen molar-refractivity contribution in [2.45, 2.75) is 25.8 Å². The summed E-state index contributed by atoms with van der Waals surface area (Å²) < 4.78 is 17.3. The summed E-state index contributed by atoms with van der Waals surface area (Å²) in [5.41, 5.74) is 6.90. The molecule has 0 spiro atoms. The highest BCUT2D eigenvalue weighted by Crippen LogP contribution is 2.11. The lowest BCUT2D eigenvalue weighted by molar-refractivity contribution is -0.145. The minimum atomic E-state index is -0.259. The van der Waals surface area contributed by atoms with Gasteiger partial charge in [0.15, 0.2) is 0 Å². The van der Waals surface area contributed by atoms with Crippen LogP contribution in [-0.2, 0) is 16.0 Å². The average Bonchev–Trinajstić information content (AvgIpc) is 2.30. The van der Waals surface area contributed by atoms with Crippen molar-refractivity contribution < 1.29 is 13.9 Å². The van der Waals surface area contributed by atoms with Crippen LogP contribution in [-0.4, -0.2) is 19.1 Å². The summed E-state index contributed by atoms with van der Waals surface area (Å²) in [7, 11) is 1.37. The van der Waals surface area contributed by atoms with Crippen molar-refractivity contribution in [1.82, 2.24) is 0 Å². The molecule has 0 saturated carbocycles. The lowest BCUT2D eigenvalue weighted by atomic mass is 9.97. The predicted octanol–water partition coefficient (Wildman–Crippen LogP) is 1.89. The molecular weight excluding hydrogens is 221 g/mol. The molecule has 1 aromatic carbocycles. The van der Waals surface area contributed by atoms with Gasteiger partial charge in [-0.1, -0.05) is 19.1 Å². The minimum Gasteiger partial charge on any atom is -0.469 e. The third-order valence-corrected chi connectivity index (χ3v) is 2.67. The standard InChI is InChI=1S/C13H18FNO2/c1-9(13(16)17-2)7-12(15)8-10-3-5-11(14)6-4-10/h3-6,9,12H,7-8,15H2,1-2H3/t9-,12+/m0/s1. The second-order valence-electron chi connectivity index (χ2n) is 4.25. The van der Waals surface area contributed by atoms with Gasteiger partial charge in [0, 0.05) is 6.04 Å². The number of hydrogen-bond donors (Lipinski definition) is 1. The normalized spacial score (nSPS) is 14.1. The van der Waals surface area contributed by atoms with Crippen molar-refractivity contribution in [2.24, 2.45) is 11.7 Å². The van der Waals surface area contributed by atoms with Crippen molar-refractivity contribution in [1.29, 1.82) is 0 Å². The molecule has 0 unspecified atom stereocenters. The number of hydrogen-bond acceptors (Lipinski definition) is 3. The largest absolute Gasteiger partial charge is 0.469 e. The lowest BCUT2D eigenvalue weighted by Crippen LogP contribution is -2.28. The monoisotopic (exact) mass is 239 g/mol. The third kappa shape index (κ3) is 4.53. The van der Waals surface area contributed by atoms with E-state index in [-0.39, 0.29) is 23.7 Å². The van der Waals surface area contributed by atoms with Crippen LogP contribution in [0.2, 0.25) is 0 Å². The van der Waals surface area contributed by atoms with Crippen LogP contribution in [0.4, 0.5) is 4.39 Å². The summed E-state index contributed by atoms with van der Waals surface area (Å²) >= 11 is 0. The summed E-state index contributed by atoms with van der Waals surface area (Å²) in [5.74, 6) is -0.722. The van der Waals surface area contributed by atoms with Crippen LogP contribution in [0.25, 0.3) is 0 Å². The first kappa shape index (κ1) is 13.6. The Hall–Kier alpha value is -1.42. The molecule has 3 nitrogen and oxygen atoms in total. The molecule has 0 saturated heterocycles. The zero-order valence-electron chi connectivity index (χ0n) is 10.2. The van der Waals surface area contributed by atoms with Crippen LogP contribution in [0.3, 0.4) is 0 Å². The van der Waals surface area contributed by atoms with E-state index < -0.39 is 0 Å². The predicted molar refractivity (Wildman–Crippen MR) is 63.9 cm³/mol. The maximum atomic E-state index is 12.7. The van der Waals surface area contributed by atoms with Gasteiger partial charge < -0.3 is 10.5 Å². The zero-order chi connectivity index (χ0) is 12.8. The number of nitrogens with two attached hydrogens (primary N) is 1. The van der Waals surface area contributed by atoms with Gasteiger partial charge in [-0.15, -0.1) is 0 Å². The molecule has 17 heavy (non-hydrogen) atoms. The molecule has 0 bridgehead atoms. The molecule has 1 aromatic rings. The molecule has 0 amide bonds.